The third-order valence-corrected chi connectivity index (χ3v) is 7.18. The first-order chi connectivity index (χ1) is 17.2. The van der Waals surface area contributed by atoms with Crippen molar-refractivity contribution in [2.75, 3.05) is 32.2 Å². The van der Waals surface area contributed by atoms with E-state index in [-0.39, 0.29) is 10.6 Å². The number of nitrogens with one attached hydrogen (secondary N) is 1. The number of hydrogen-bond donors (Lipinski definition) is 1. The smallest absolute Gasteiger partial charge is 0.264 e. The van der Waals surface area contributed by atoms with Crippen molar-refractivity contribution in [1.29, 1.82) is 0 Å². The Balaban J connectivity index is 1.89. The molecule has 0 saturated heterocycles. The van der Waals surface area contributed by atoms with Crippen LogP contribution in [-0.2, 0) is 14.8 Å². The van der Waals surface area contributed by atoms with E-state index < -0.39 is 22.5 Å². The maximum absolute atomic E-state index is 13.6. The van der Waals surface area contributed by atoms with Gasteiger partial charge in [-0.1, -0.05) is 17.7 Å². The van der Waals surface area contributed by atoms with Crippen LogP contribution >= 0.6 is 0 Å². The van der Waals surface area contributed by atoms with Crippen molar-refractivity contribution in [1.82, 2.24) is 5.43 Å². The van der Waals surface area contributed by atoms with Gasteiger partial charge in [-0.3, -0.25) is 9.10 Å². The number of carbonyl (C=O) groups is 1. The molecule has 0 heterocycles. The molecule has 0 atom stereocenters. The largest absolute Gasteiger partial charge is 0.497 e. The lowest BCUT2D eigenvalue weighted by Crippen LogP contribution is -2.39. The van der Waals surface area contributed by atoms with Crippen LogP contribution in [0.3, 0.4) is 0 Å². The zero-order chi connectivity index (χ0) is 26.3. The molecule has 9 nitrogen and oxygen atoms in total. The van der Waals surface area contributed by atoms with Crippen LogP contribution in [0.2, 0.25) is 0 Å². The first-order valence-corrected chi connectivity index (χ1v) is 12.4. The average molecular weight is 512 g/mol. The molecule has 3 rings (SSSR count). The van der Waals surface area contributed by atoms with Crippen LogP contribution in [0, 0.1) is 6.92 Å². The molecule has 1 N–H and O–H groups in total. The van der Waals surface area contributed by atoms with Crippen molar-refractivity contribution < 1.29 is 27.4 Å². The molecule has 0 aromatic heterocycles. The minimum Gasteiger partial charge on any atom is -0.497 e. The monoisotopic (exact) mass is 511 g/mol. The van der Waals surface area contributed by atoms with E-state index in [0.29, 0.717) is 22.9 Å². The van der Waals surface area contributed by atoms with Crippen LogP contribution in [0.25, 0.3) is 0 Å². The average Bonchev–Trinajstić information content (AvgIpc) is 2.90. The van der Waals surface area contributed by atoms with E-state index in [1.165, 1.54) is 32.4 Å². The molecule has 0 aliphatic carbocycles. The first kappa shape index (κ1) is 26.6. The zero-order valence-electron chi connectivity index (χ0n) is 20.8. The van der Waals surface area contributed by atoms with Crippen molar-refractivity contribution in [2.45, 2.75) is 18.7 Å². The molecular formula is C26H29N3O6S. The quantitative estimate of drug-likeness (QED) is 0.328. The van der Waals surface area contributed by atoms with Crippen LogP contribution in [0.4, 0.5) is 5.69 Å². The van der Waals surface area contributed by atoms with E-state index in [4.69, 9.17) is 14.2 Å². The minimum atomic E-state index is -4.14. The van der Waals surface area contributed by atoms with Crippen molar-refractivity contribution >= 4 is 27.3 Å². The Kier molecular flexibility index (Phi) is 8.55. The van der Waals surface area contributed by atoms with Gasteiger partial charge in [-0.15, -0.1) is 0 Å². The van der Waals surface area contributed by atoms with Gasteiger partial charge in [0.05, 0.1) is 37.6 Å². The summed E-state index contributed by atoms with van der Waals surface area (Å²) in [6, 6.07) is 18.3. The molecule has 36 heavy (non-hydrogen) atoms. The van der Waals surface area contributed by atoms with Crippen LogP contribution < -0.4 is 23.9 Å². The number of carbonyl (C=O) groups excluding carboxylic acids is 1. The summed E-state index contributed by atoms with van der Waals surface area (Å²) in [5.41, 5.74) is 5.07. The number of rotatable bonds is 10. The topological polar surface area (TPSA) is 107 Å². The third kappa shape index (κ3) is 6.14. The molecule has 0 unspecified atom stereocenters. The van der Waals surface area contributed by atoms with E-state index >= 15 is 0 Å². The number of methoxy groups -OCH3 is 3. The Bertz CT molecular complexity index is 1340. The number of nitrogens with zero attached hydrogens (tertiary/aromatic N) is 2. The van der Waals surface area contributed by atoms with Gasteiger partial charge < -0.3 is 14.2 Å². The summed E-state index contributed by atoms with van der Waals surface area (Å²) in [6.45, 7) is 3.14. The highest BCUT2D eigenvalue weighted by atomic mass is 32.2. The number of sulfonamides is 1. The normalized spacial score (nSPS) is 11.5. The fraction of sp³-hybridized carbons (Fsp3) is 0.231. The fourth-order valence-electron chi connectivity index (χ4n) is 3.34. The number of aryl methyl sites for hydroxylation is 1. The lowest BCUT2D eigenvalue weighted by atomic mass is 10.1. The fourth-order valence-corrected chi connectivity index (χ4v) is 4.78. The number of anilines is 1. The van der Waals surface area contributed by atoms with Crippen LogP contribution in [0.15, 0.2) is 76.7 Å². The lowest BCUT2D eigenvalue weighted by Gasteiger charge is -2.24. The molecule has 3 aromatic carbocycles. The predicted octanol–water partition coefficient (Wildman–Crippen LogP) is 3.76. The summed E-state index contributed by atoms with van der Waals surface area (Å²) in [6.07, 6.45) is 0. The van der Waals surface area contributed by atoms with Crippen molar-refractivity contribution in [3.63, 3.8) is 0 Å². The number of hydrogen-bond acceptors (Lipinski definition) is 7. The lowest BCUT2D eigenvalue weighted by molar-refractivity contribution is -0.119. The molecule has 0 radical (unpaired) electrons. The molecule has 0 aliphatic rings. The van der Waals surface area contributed by atoms with Crippen molar-refractivity contribution in [3.05, 3.63) is 77.9 Å². The van der Waals surface area contributed by atoms with Crippen LogP contribution in [0.1, 0.15) is 18.1 Å². The number of amides is 1. The van der Waals surface area contributed by atoms with E-state index in [0.717, 1.165) is 15.4 Å². The standard InChI is InChI=1S/C26H29N3O6S/c1-18-6-10-21(11-7-18)29(36(31,32)23-14-15-24(34-4)25(16-23)35-5)17-26(30)28-27-19(2)20-8-12-22(33-3)13-9-20/h6-16H,17H2,1-5H3,(H,28,30)/b27-19-. The van der Waals surface area contributed by atoms with Gasteiger partial charge in [-0.05, 0) is 67.9 Å². The van der Waals surface area contributed by atoms with Gasteiger partial charge in [0.2, 0.25) is 0 Å². The second-order valence-electron chi connectivity index (χ2n) is 7.82. The Morgan fingerprint density at radius 1 is 0.889 bits per heavy atom. The van der Waals surface area contributed by atoms with E-state index in [9.17, 15) is 13.2 Å². The second kappa shape index (κ2) is 11.6. The second-order valence-corrected chi connectivity index (χ2v) is 9.69. The minimum absolute atomic E-state index is 0.0496. The van der Waals surface area contributed by atoms with Crippen molar-refractivity contribution in [3.8, 4) is 17.2 Å². The van der Waals surface area contributed by atoms with Gasteiger partial charge in [0.25, 0.3) is 15.9 Å². The summed E-state index contributed by atoms with van der Waals surface area (Å²) >= 11 is 0. The van der Waals surface area contributed by atoms with Crippen LogP contribution in [0.5, 0.6) is 17.2 Å². The van der Waals surface area contributed by atoms with Gasteiger partial charge in [-0.2, -0.15) is 5.10 Å². The predicted molar refractivity (Wildman–Crippen MR) is 139 cm³/mol. The SMILES string of the molecule is COc1ccc(/C(C)=N\NC(=O)CN(c2ccc(C)cc2)S(=O)(=O)c2ccc(OC)c(OC)c2)cc1. The summed E-state index contributed by atoms with van der Waals surface area (Å²) in [7, 11) is 0.313. The highest BCUT2D eigenvalue weighted by Gasteiger charge is 2.28. The number of benzene rings is 3. The molecule has 0 bridgehead atoms. The number of ether oxygens (including phenoxy) is 3. The van der Waals surface area contributed by atoms with Crippen molar-refractivity contribution in [2.24, 2.45) is 5.10 Å². The molecule has 10 heteroatoms. The van der Waals surface area contributed by atoms with Gasteiger partial charge in [0, 0.05) is 6.07 Å². The van der Waals surface area contributed by atoms with Crippen LogP contribution in [-0.4, -0.2) is 47.9 Å². The summed E-state index contributed by atoms with van der Waals surface area (Å²) in [5, 5.41) is 4.13. The van der Waals surface area contributed by atoms with Gasteiger partial charge in [-0.25, -0.2) is 13.8 Å². The van der Waals surface area contributed by atoms with Gasteiger partial charge >= 0.3 is 0 Å². The maximum atomic E-state index is 13.6. The molecule has 0 fully saturated rings. The molecule has 0 aliphatic heterocycles. The zero-order valence-corrected chi connectivity index (χ0v) is 21.6. The van der Waals surface area contributed by atoms with Gasteiger partial charge in [0.15, 0.2) is 11.5 Å². The maximum Gasteiger partial charge on any atom is 0.264 e. The Morgan fingerprint density at radius 3 is 2.11 bits per heavy atom. The van der Waals surface area contributed by atoms with Gasteiger partial charge in [0.1, 0.15) is 12.3 Å². The van der Waals surface area contributed by atoms with E-state index in [2.05, 4.69) is 10.5 Å². The summed E-state index contributed by atoms with van der Waals surface area (Å²) < 4.78 is 43.9. The molecular weight excluding hydrogens is 482 g/mol. The Labute approximate surface area is 211 Å². The summed E-state index contributed by atoms with van der Waals surface area (Å²) in [4.78, 5) is 12.8. The Hall–Kier alpha value is -4.05. The van der Waals surface area contributed by atoms with E-state index in [1.54, 1.807) is 50.4 Å². The third-order valence-electron chi connectivity index (χ3n) is 5.41. The Morgan fingerprint density at radius 2 is 1.53 bits per heavy atom. The number of hydrazone groups is 1. The molecule has 0 spiro atoms. The summed E-state index contributed by atoms with van der Waals surface area (Å²) in [5.74, 6) is 0.739. The highest BCUT2D eigenvalue weighted by molar-refractivity contribution is 7.92. The first-order valence-electron chi connectivity index (χ1n) is 11.0. The molecule has 3 aromatic rings. The highest BCUT2D eigenvalue weighted by Crippen LogP contribution is 2.32. The molecule has 0 saturated carbocycles. The van der Waals surface area contributed by atoms with E-state index in [1.807, 2.05) is 19.1 Å². The molecule has 190 valence electrons. The molecule has 1 amide bonds.